The van der Waals surface area contributed by atoms with E-state index in [1.54, 1.807) is 12.4 Å². The molecular formula is C18H24N4O3S2. The molecule has 0 aliphatic carbocycles. The van der Waals surface area contributed by atoms with Crippen molar-refractivity contribution in [2.24, 2.45) is 0 Å². The van der Waals surface area contributed by atoms with E-state index in [0.717, 1.165) is 16.3 Å². The van der Waals surface area contributed by atoms with Crippen molar-refractivity contribution < 1.29 is 13.2 Å². The van der Waals surface area contributed by atoms with Gasteiger partial charge in [-0.05, 0) is 38.3 Å². The van der Waals surface area contributed by atoms with Gasteiger partial charge in [-0.3, -0.25) is 9.78 Å². The highest BCUT2D eigenvalue weighted by Crippen LogP contribution is 2.26. The van der Waals surface area contributed by atoms with Crippen LogP contribution in [0.5, 0.6) is 0 Å². The van der Waals surface area contributed by atoms with Crippen LogP contribution < -0.4 is 5.32 Å². The van der Waals surface area contributed by atoms with Gasteiger partial charge in [-0.2, -0.15) is 4.31 Å². The summed E-state index contributed by atoms with van der Waals surface area (Å²) in [5, 5.41) is 5.67. The van der Waals surface area contributed by atoms with E-state index < -0.39 is 16.1 Å². The number of aromatic nitrogens is 2. The minimum absolute atomic E-state index is 0.0775. The van der Waals surface area contributed by atoms with Crippen molar-refractivity contribution in [1.82, 2.24) is 19.6 Å². The van der Waals surface area contributed by atoms with Gasteiger partial charge in [0.25, 0.3) is 0 Å². The summed E-state index contributed by atoms with van der Waals surface area (Å²) in [6.07, 6.45) is 5.23. The fourth-order valence-electron chi connectivity index (χ4n) is 3.22. The SMILES string of the molecule is CCCS(=O)(=O)N1CCCC1C(=O)NC(C)c1nc(-c2ccncc2)cs1. The smallest absolute Gasteiger partial charge is 0.239 e. The number of rotatable bonds is 7. The van der Waals surface area contributed by atoms with Crippen LogP contribution in [0.4, 0.5) is 0 Å². The monoisotopic (exact) mass is 408 g/mol. The first kappa shape index (κ1) is 19.9. The Kier molecular flexibility index (Phi) is 6.23. The summed E-state index contributed by atoms with van der Waals surface area (Å²) in [5.41, 5.74) is 1.81. The molecule has 3 heterocycles. The molecule has 1 aliphatic rings. The number of nitrogens with one attached hydrogen (secondary N) is 1. The fourth-order valence-corrected chi connectivity index (χ4v) is 5.81. The molecule has 2 unspecified atom stereocenters. The van der Waals surface area contributed by atoms with Crippen LogP contribution in [0.2, 0.25) is 0 Å². The Balaban J connectivity index is 1.68. The zero-order valence-corrected chi connectivity index (χ0v) is 17.1. The van der Waals surface area contributed by atoms with Gasteiger partial charge in [0, 0.05) is 29.9 Å². The highest BCUT2D eigenvalue weighted by molar-refractivity contribution is 7.89. The van der Waals surface area contributed by atoms with Crippen molar-refractivity contribution in [1.29, 1.82) is 0 Å². The predicted octanol–water partition coefficient (Wildman–Crippen LogP) is 2.59. The van der Waals surface area contributed by atoms with Crippen molar-refractivity contribution in [2.45, 2.75) is 45.2 Å². The van der Waals surface area contributed by atoms with Crippen molar-refractivity contribution in [3.8, 4) is 11.3 Å². The summed E-state index contributed by atoms with van der Waals surface area (Å²) in [6, 6.07) is 2.87. The van der Waals surface area contributed by atoms with E-state index in [1.165, 1.54) is 15.6 Å². The number of pyridine rings is 1. The Morgan fingerprint density at radius 3 is 2.85 bits per heavy atom. The van der Waals surface area contributed by atoms with Gasteiger partial charge < -0.3 is 5.32 Å². The first-order chi connectivity index (χ1) is 12.9. The zero-order chi connectivity index (χ0) is 19.4. The Hall–Kier alpha value is -1.84. The summed E-state index contributed by atoms with van der Waals surface area (Å²) in [6.45, 7) is 4.11. The Labute approximate surface area is 163 Å². The molecule has 1 saturated heterocycles. The average Bonchev–Trinajstić information content (AvgIpc) is 3.32. The first-order valence-electron chi connectivity index (χ1n) is 9.08. The molecule has 1 fully saturated rings. The van der Waals surface area contributed by atoms with Crippen LogP contribution in [0.25, 0.3) is 11.3 Å². The maximum absolute atomic E-state index is 12.7. The van der Waals surface area contributed by atoms with Gasteiger partial charge in [-0.15, -0.1) is 11.3 Å². The number of carbonyl (C=O) groups is 1. The lowest BCUT2D eigenvalue weighted by atomic mass is 10.2. The number of hydrogen-bond donors (Lipinski definition) is 1. The quantitative estimate of drug-likeness (QED) is 0.760. The third kappa shape index (κ3) is 4.53. The molecule has 1 N–H and O–H groups in total. The molecule has 9 heteroatoms. The molecule has 0 spiro atoms. The molecule has 2 aromatic rings. The fraction of sp³-hybridized carbons (Fsp3) is 0.500. The van der Waals surface area contributed by atoms with Crippen molar-refractivity contribution >= 4 is 27.3 Å². The molecule has 146 valence electrons. The number of thiazole rings is 1. The second kappa shape index (κ2) is 8.45. The molecule has 1 aliphatic heterocycles. The van der Waals surface area contributed by atoms with E-state index in [1.807, 2.05) is 31.4 Å². The average molecular weight is 409 g/mol. The summed E-state index contributed by atoms with van der Waals surface area (Å²) < 4.78 is 26.2. The molecule has 0 saturated carbocycles. The van der Waals surface area contributed by atoms with Gasteiger partial charge in [-0.1, -0.05) is 6.92 Å². The predicted molar refractivity (Wildman–Crippen MR) is 106 cm³/mol. The van der Waals surface area contributed by atoms with Gasteiger partial charge >= 0.3 is 0 Å². The standard InChI is InChI=1S/C18H24N4O3S2/c1-3-11-27(24,25)22-10-4-5-16(22)17(23)20-13(2)18-21-15(12-26-18)14-6-8-19-9-7-14/h6-9,12-13,16H,3-5,10-11H2,1-2H3,(H,20,23). The Morgan fingerprint density at radius 1 is 1.41 bits per heavy atom. The van der Waals surface area contributed by atoms with Gasteiger partial charge in [0.15, 0.2) is 0 Å². The largest absolute Gasteiger partial charge is 0.346 e. The minimum atomic E-state index is -3.38. The van der Waals surface area contributed by atoms with Crippen LogP contribution in [0, 0.1) is 0 Å². The normalized spacial score (nSPS) is 19.1. The van der Waals surface area contributed by atoms with E-state index in [9.17, 15) is 13.2 Å². The first-order valence-corrected chi connectivity index (χ1v) is 11.6. The Morgan fingerprint density at radius 2 is 2.15 bits per heavy atom. The molecular weight excluding hydrogens is 384 g/mol. The lowest BCUT2D eigenvalue weighted by molar-refractivity contribution is -0.124. The summed E-state index contributed by atoms with van der Waals surface area (Å²) in [7, 11) is -3.38. The highest BCUT2D eigenvalue weighted by Gasteiger charge is 2.38. The van der Waals surface area contributed by atoms with E-state index in [2.05, 4.69) is 15.3 Å². The van der Waals surface area contributed by atoms with E-state index in [0.29, 0.717) is 25.8 Å². The van der Waals surface area contributed by atoms with Crippen LogP contribution >= 0.6 is 11.3 Å². The van der Waals surface area contributed by atoms with Crippen LogP contribution in [0.1, 0.15) is 44.2 Å². The van der Waals surface area contributed by atoms with Crippen molar-refractivity contribution in [2.75, 3.05) is 12.3 Å². The van der Waals surface area contributed by atoms with E-state index >= 15 is 0 Å². The van der Waals surface area contributed by atoms with E-state index in [4.69, 9.17) is 0 Å². The maximum Gasteiger partial charge on any atom is 0.239 e. The minimum Gasteiger partial charge on any atom is -0.346 e. The van der Waals surface area contributed by atoms with Crippen LogP contribution in [-0.2, 0) is 14.8 Å². The third-order valence-corrected chi connectivity index (χ3v) is 7.66. The lowest BCUT2D eigenvalue weighted by Gasteiger charge is -2.24. The topological polar surface area (TPSA) is 92.3 Å². The molecule has 2 atom stereocenters. The molecule has 0 bridgehead atoms. The van der Waals surface area contributed by atoms with Gasteiger partial charge in [0.05, 0.1) is 17.5 Å². The number of carbonyl (C=O) groups excluding carboxylic acids is 1. The molecule has 0 radical (unpaired) electrons. The molecule has 1 amide bonds. The van der Waals surface area contributed by atoms with Gasteiger partial charge in [0.1, 0.15) is 11.0 Å². The number of amides is 1. The third-order valence-electron chi connectivity index (χ3n) is 4.55. The molecule has 3 rings (SSSR count). The van der Waals surface area contributed by atoms with Gasteiger partial charge in [-0.25, -0.2) is 13.4 Å². The van der Waals surface area contributed by atoms with Crippen molar-refractivity contribution in [3.63, 3.8) is 0 Å². The van der Waals surface area contributed by atoms with Gasteiger partial charge in [0.2, 0.25) is 15.9 Å². The second-order valence-corrected chi connectivity index (χ2v) is 9.55. The zero-order valence-electron chi connectivity index (χ0n) is 15.5. The Bertz CT molecular complexity index is 883. The molecule has 7 nitrogen and oxygen atoms in total. The van der Waals surface area contributed by atoms with Crippen LogP contribution in [0.3, 0.4) is 0 Å². The molecule has 0 aromatic carbocycles. The second-order valence-electron chi connectivity index (χ2n) is 6.62. The van der Waals surface area contributed by atoms with Crippen LogP contribution in [-0.4, -0.2) is 46.9 Å². The number of sulfonamides is 1. The van der Waals surface area contributed by atoms with Crippen LogP contribution in [0.15, 0.2) is 29.9 Å². The lowest BCUT2D eigenvalue weighted by Crippen LogP contribution is -2.47. The maximum atomic E-state index is 12.7. The summed E-state index contributed by atoms with van der Waals surface area (Å²) in [4.78, 5) is 21.3. The molecule has 2 aromatic heterocycles. The number of hydrogen-bond acceptors (Lipinski definition) is 6. The number of nitrogens with zero attached hydrogens (tertiary/aromatic N) is 3. The molecule has 27 heavy (non-hydrogen) atoms. The van der Waals surface area contributed by atoms with E-state index in [-0.39, 0.29) is 17.7 Å². The summed E-state index contributed by atoms with van der Waals surface area (Å²) in [5.74, 6) is -0.172. The highest BCUT2D eigenvalue weighted by atomic mass is 32.2. The van der Waals surface area contributed by atoms with Crippen molar-refractivity contribution in [3.05, 3.63) is 34.9 Å². The summed E-state index contributed by atoms with van der Waals surface area (Å²) >= 11 is 1.47.